The second-order valence-electron chi connectivity index (χ2n) is 5.65. The first-order chi connectivity index (χ1) is 10.4. The number of aromatic nitrogens is 2. The fourth-order valence-corrected chi connectivity index (χ4v) is 2.13. The predicted octanol–water partition coefficient (Wildman–Crippen LogP) is 1.92. The van der Waals surface area contributed by atoms with Gasteiger partial charge in [-0.05, 0) is 44.9 Å². The molecule has 0 saturated carbocycles. The Labute approximate surface area is 130 Å². The molecule has 22 heavy (non-hydrogen) atoms. The number of hydrogen-bond donors (Lipinski definition) is 1. The molecule has 0 radical (unpaired) electrons. The maximum Gasteiger partial charge on any atom is 0.256 e. The lowest BCUT2D eigenvalue weighted by atomic mass is 10.1. The summed E-state index contributed by atoms with van der Waals surface area (Å²) in [5.41, 5.74) is 3.30. The Kier molecular flexibility index (Phi) is 4.98. The highest BCUT2D eigenvalue weighted by atomic mass is 16.5. The molecule has 0 aliphatic heterocycles. The molecule has 1 heterocycles. The number of benzene rings is 1. The molecule has 5 heteroatoms. The highest BCUT2D eigenvalue weighted by molar-refractivity contribution is 5.35. The molecule has 118 valence electrons. The van der Waals surface area contributed by atoms with Crippen molar-refractivity contribution in [3.8, 4) is 5.75 Å². The molecule has 0 fully saturated rings. The second kappa shape index (κ2) is 6.75. The van der Waals surface area contributed by atoms with Crippen LogP contribution in [-0.2, 0) is 6.54 Å². The van der Waals surface area contributed by atoms with E-state index in [0.29, 0.717) is 11.3 Å². The van der Waals surface area contributed by atoms with Crippen molar-refractivity contribution >= 4 is 0 Å². The number of rotatable bonds is 5. The van der Waals surface area contributed by atoms with Gasteiger partial charge in [-0.25, -0.2) is 4.98 Å². The van der Waals surface area contributed by atoms with Gasteiger partial charge >= 0.3 is 0 Å². The molecule has 2 aromatic rings. The van der Waals surface area contributed by atoms with Crippen LogP contribution in [0.3, 0.4) is 0 Å². The molecule has 1 aromatic heterocycles. The largest absolute Gasteiger partial charge is 0.491 e. The van der Waals surface area contributed by atoms with Gasteiger partial charge in [0.05, 0.1) is 12.9 Å². The normalized spacial score (nSPS) is 12.2. The first-order valence-corrected chi connectivity index (χ1v) is 7.29. The number of aryl methyl sites for hydroxylation is 3. The van der Waals surface area contributed by atoms with Crippen molar-refractivity contribution in [1.82, 2.24) is 9.55 Å². The third kappa shape index (κ3) is 3.74. The number of ether oxygens (including phenoxy) is 1. The van der Waals surface area contributed by atoms with Crippen LogP contribution < -0.4 is 10.3 Å². The smallest absolute Gasteiger partial charge is 0.256 e. The quantitative estimate of drug-likeness (QED) is 0.916. The van der Waals surface area contributed by atoms with Gasteiger partial charge in [-0.15, -0.1) is 0 Å². The van der Waals surface area contributed by atoms with Crippen molar-refractivity contribution in [1.29, 1.82) is 0 Å². The Hall–Kier alpha value is -2.14. The van der Waals surface area contributed by atoms with Crippen LogP contribution in [0, 0.1) is 27.7 Å². The zero-order valence-electron chi connectivity index (χ0n) is 13.5. The van der Waals surface area contributed by atoms with Crippen LogP contribution >= 0.6 is 0 Å². The van der Waals surface area contributed by atoms with E-state index in [1.54, 1.807) is 13.8 Å². The number of aliphatic hydroxyl groups excluding tert-OH is 1. The van der Waals surface area contributed by atoms with Crippen molar-refractivity contribution in [3.05, 3.63) is 57.3 Å². The third-order valence-corrected chi connectivity index (χ3v) is 3.70. The van der Waals surface area contributed by atoms with Crippen LogP contribution in [0.15, 0.2) is 29.3 Å². The third-order valence-electron chi connectivity index (χ3n) is 3.70. The topological polar surface area (TPSA) is 64.3 Å². The van der Waals surface area contributed by atoms with Crippen molar-refractivity contribution in [2.45, 2.75) is 40.3 Å². The lowest BCUT2D eigenvalue weighted by Gasteiger charge is -2.16. The van der Waals surface area contributed by atoms with Crippen LogP contribution in [0.25, 0.3) is 0 Å². The van der Waals surface area contributed by atoms with E-state index in [9.17, 15) is 9.90 Å². The second-order valence-corrected chi connectivity index (χ2v) is 5.65. The molecule has 0 bridgehead atoms. The highest BCUT2D eigenvalue weighted by Crippen LogP contribution is 2.19. The van der Waals surface area contributed by atoms with Crippen LogP contribution in [-0.4, -0.2) is 27.4 Å². The van der Waals surface area contributed by atoms with Gasteiger partial charge in [0.2, 0.25) is 0 Å². The Balaban J connectivity index is 2.02. The van der Waals surface area contributed by atoms with Crippen molar-refractivity contribution < 1.29 is 9.84 Å². The molecule has 0 aliphatic rings. The molecule has 0 aliphatic carbocycles. The predicted molar refractivity (Wildman–Crippen MR) is 85.4 cm³/mol. The van der Waals surface area contributed by atoms with Gasteiger partial charge in [0, 0.05) is 11.3 Å². The summed E-state index contributed by atoms with van der Waals surface area (Å²) in [5.74, 6) is 0.754. The van der Waals surface area contributed by atoms with E-state index in [2.05, 4.69) is 4.98 Å². The van der Waals surface area contributed by atoms with Crippen LogP contribution in [0.2, 0.25) is 0 Å². The summed E-state index contributed by atoms with van der Waals surface area (Å²) in [6.45, 7) is 7.77. The summed E-state index contributed by atoms with van der Waals surface area (Å²) in [7, 11) is 0. The lowest BCUT2D eigenvalue weighted by Crippen LogP contribution is -2.31. The molecule has 1 aromatic carbocycles. The minimum absolute atomic E-state index is 0.127. The van der Waals surface area contributed by atoms with Gasteiger partial charge in [0.25, 0.3) is 5.56 Å². The van der Waals surface area contributed by atoms with Gasteiger partial charge in [-0.2, -0.15) is 0 Å². The molecule has 2 rings (SSSR count). The summed E-state index contributed by atoms with van der Waals surface area (Å²) < 4.78 is 7.08. The summed E-state index contributed by atoms with van der Waals surface area (Å²) in [5, 5.41) is 10.1. The monoisotopic (exact) mass is 302 g/mol. The molecule has 1 N–H and O–H groups in total. The first kappa shape index (κ1) is 16.2. The van der Waals surface area contributed by atoms with E-state index in [4.69, 9.17) is 4.74 Å². The van der Waals surface area contributed by atoms with Crippen molar-refractivity contribution in [2.75, 3.05) is 6.61 Å². The Morgan fingerprint density at radius 1 is 1.27 bits per heavy atom. The standard InChI is InChI=1S/C17H22N2O3/c1-11-5-6-12(2)16(7-11)22-9-15(20)8-19-10-18-14(4)13(3)17(19)21/h5-7,10,15,20H,8-9H2,1-4H3. The average molecular weight is 302 g/mol. The molecule has 0 amide bonds. The number of aliphatic hydroxyl groups is 1. The van der Waals surface area contributed by atoms with Crippen molar-refractivity contribution in [3.63, 3.8) is 0 Å². The van der Waals surface area contributed by atoms with E-state index in [-0.39, 0.29) is 18.7 Å². The summed E-state index contributed by atoms with van der Waals surface area (Å²) in [4.78, 5) is 16.2. The molecule has 0 saturated heterocycles. The minimum atomic E-state index is -0.776. The highest BCUT2D eigenvalue weighted by Gasteiger charge is 2.11. The van der Waals surface area contributed by atoms with Crippen molar-refractivity contribution in [2.24, 2.45) is 0 Å². The zero-order chi connectivity index (χ0) is 16.3. The van der Waals surface area contributed by atoms with Crippen LogP contribution in [0.1, 0.15) is 22.4 Å². The first-order valence-electron chi connectivity index (χ1n) is 7.29. The molecular formula is C17H22N2O3. The summed E-state index contributed by atoms with van der Waals surface area (Å²) in [6.07, 6.45) is 0.688. The number of hydrogen-bond acceptors (Lipinski definition) is 4. The van der Waals surface area contributed by atoms with Gasteiger partial charge in [0.1, 0.15) is 18.5 Å². The fourth-order valence-electron chi connectivity index (χ4n) is 2.13. The van der Waals surface area contributed by atoms with Gasteiger partial charge in [-0.3, -0.25) is 9.36 Å². The fraction of sp³-hybridized carbons (Fsp3) is 0.412. The van der Waals surface area contributed by atoms with Crippen LogP contribution in [0.4, 0.5) is 0 Å². The van der Waals surface area contributed by atoms with E-state index < -0.39 is 6.10 Å². The number of nitrogens with zero attached hydrogens (tertiary/aromatic N) is 2. The Morgan fingerprint density at radius 2 is 2.00 bits per heavy atom. The summed E-state index contributed by atoms with van der Waals surface area (Å²) in [6, 6.07) is 5.93. The molecule has 1 unspecified atom stereocenters. The zero-order valence-corrected chi connectivity index (χ0v) is 13.5. The van der Waals surface area contributed by atoms with E-state index in [1.807, 2.05) is 32.0 Å². The van der Waals surface area contributed by atoms with Crippen LogP contribution in [0.5, 0.6) is 5.75 Å². The molecule has 0 spiro atoms. The Bertz CT molecular complexity index is 722. The SMILES string of the molecule is Cc1ccc(C)c(OCC(O)Cn2cnc(C)c(C)c2=O)c1. The lowest BCUT2D eigenvalue weighted by molar-refractivity contribution is 0.0909. The average Bonchev–Trinajstić information content (AvgIpc) is 2.49. The van der Waals surface area contributed by atoms with E-state index in [0.717, 1.165) is 16.9 Å². The van der Waals surface area contributed by atoms with Gasteiger partial charge < -0.3 is 9.84 Å². The Morgan fingerprint density at radius 3 is 2.73 bits per heavy atom. The summed E-state index contributed by atoms with van der Waals surface area (Å²) >= 11 is 0. The molecule has 1 atom stereocenters. The van der Waals surface area contributed by atoms with Gasteiger partial charge in [-0.1, -0.05) is 12.1 Å². The maximum absolute atomic E-state index is 12.1. The van der Waals surface area contributed by atoms with E-state index in [1.165, 1.54) is 10.9 Å². The van der Waals surface area contributed by atoms with Gasteiger partial charge in [0.15, 0.2) is 0 Å². The van der Waals surface area contributed by atoms with E-state index >= 15 is 0 Å². The minimum Gasteiger partial charge on any atom is -0.491 e. The maximum atomic E-state index is 12.1. The molecule has 5 nitrogen and oxygen atoms in total. The molecular weight excluding hydrogens is 280 g/mol.